The van der Waals surface area contributed by atoms with E-state index in [-0.39, 0.29) is 0 Å². The van der Waals surface area contributed by atoms with Gasteiger partial charge in [-0.25, -0.2) is 4.98 Å². The molecule has 100 valence electrons. The molecule has 0 saturated carbocycles. The zero-order chi connectivity index (χ0) is 13.7. The highest BCUT2D eigenvalue weighted by Gasteiger charge is 2.10. The van der Waals surface area contributed by atoms with Gasteiger partial charge in [0.2, 0.25) is 0 Å². The van der Waals surface area contributed by atoms with E-state index in [1.165, 1.54) is 0 Å². The maximum Gasteiger partial charge on any atom is 0.121 e. The highest BCUT2D eigenvalue weighted by Crippen LogP contribution is 2.22. The number of hydrogen-bond donors (Lipinski definition) is 1. The molecule has 19 heavy (non-hydrogen) atoms. The Balaban J connectivity index is 2.40. The maximum atomic E-state index is 5.63. The number of aromatic nitrogens is 2. The second-order valence-electron chi connectivity index (χ2n) is 4.29. The minimum absolute atomic E-state index is 0.536. The number of nitrogens with zero attached hydrogens (tertiary/aromatic N) is 2. The van der Waals surface area contributed by atoms with Crippen LogP contribution in [0.2, 0.25) is 0 Å². The smallest absolute Gasteiger partial charge is 0.121 e. The van der Waals surface area contributed by atoms with Crippen LogP contribution in [0.1, 0.15) is 19.2 Å². The summed E-state index contributed by atoms with van der Waals surface area (Å²) in [7, 11) is 0. The van der Waals surface area contributed by atoms with Crippen molar-refractivity contribution in [3.05, 3.63) is 24.0 Å². The van der Waals surface area contributed by atoms with E-state index in [0.29, 0.717) is 6.54 Å². The molecule has 0 spiro atoms. The summed E-state index contributed by atoms with van der Waals surface area (Å²) >= 11 is 4.27. The van der Waals surface area contributed by atoms with Crippen molar-refractivity contribution < 1.29 is 4.74 Å². The average Bonchev–Trinajstić information content (AvgIpc) is 2.75. The summed E-state index contributed by atoms with van der Waals surface area (Å²) in [5.41, 5.74) is 1.99. The van der Waals surface area contributed by atoms with Crippen LogP contribution in [0.25, 0.3) is 11.0 Å². The van der Waals surface area contributed by atoms with Crippen LogP contribution in [0.3, 0.4) is 0 Å². The van der Waals surface area contributed by atoms with Crippen LogP contribution in [0.15, 0.2) is 18.2 Å². The first kappa shape index (κ1) is 13.8. The fourth-order valence-electron chi connectivity index (χ4n) is 2.03. The van der Waals surface area contributed by atoms with E-state index >= 15 is 0 Å². The fraction of sp³-hybridized carbons (Fsp3) is 0.400. The Labute approximate surface area is 119 Å². The van der Waals surface area contributed by atoms with Gasteiger partial charge in [-0.2, -0.15) is 12.6 Å². The third-order valence-electron chi connectivity index (χ3n) is 2.86. The lowest BCUT2D eigenvalue weighted by atomic mass is 10.3. The second-order valence-corrected chi connectivity index (χ2v) is 4.74. The van der Waals surface area contributed by atoms with Crippen LogP contribution >= 0.6 is 12.6 Å². The number of rotatable bonds is 6. The van der Waals surface area contributed by atoms with Gasteiger partial charge in [-0.05, 0) is 24.3 Å². The Bertz CT molecular complexity index is 598. The minimum Gasteiger partial charge on any atom is -0.494 e. The number of terminal acetylenes is 1. The molecule has 1 aromatic carbocycles. The number of benzene rings is 1. The maximum absolute atomic E-state index is 5.63. The Morgan fingerprint density at radius 1 is 1.47 bits per heavy atom. The summed E-state index contributed by atoms with van der Waals surface area (Å²) < 4.78 is 7.69. The third kappa shape index (κ3) is 3.05. The molecule has 0 aliphatic carbocycles. The van der Waals surface area contributed by atoms with Gasteiger partial charge in [-0.3, -0.25) is 0 Å². The topological polar surface area (TPSA) is 27.1 Å². The van der Waals surface area contributed by atoms with Gasteiger partial charge in [0, 0.05) is 12.5 Å². The molecule has 0 amide bonds. The quantitative estimate of drug-likeness (QED) is 0.648. The molecular formula is C15H18N2OS. The SMILES string of the molecule is C#CCn1c(CCS)nc2cc(OCCC)ccc21. The van der Waals surface area contributed by atoms with Crippen molar-refractivity contribution >= 4 is 23.7 Å². The van der Waals surface area contributed by atoms with Crippen LogP contribution in [0, 0.1) is 12.3 Å². The molecule has 1 heterocycles. The van der Waals surface area contributed by atoms with E-state index in [4.69, 9.17) is 11.2 Å². The summed E-state index contributed by atoms with van der Waals surface area (Å²) in [6.07, 6.45) is 7.23. The Kier molecular flexibility index (Phi) is 4.75. The van der Waals surface area contributed by atoms with Gasteiger partial charge in [-0.1, -0.05) is 12.8 Å². The van der Waals surface area contributed by atoms with Crippen molar-refractivity contribution in [2.24, 2.45) is 0 Å². The first-order valence-corrected chi connectivity index (χ1v) is 7.09. The molecule has 0 aliphatic rings. The van der Waals surface area contributed by atoms with Crippen LogP contribution in [-0.4, -0.2) is 21.9 Å². The molecule has 2 aromatic rings. The molecule has 0 fully saturated rings. The van der Waals surface area contributed by atoms with Gasteiger partial charge in [0.1, 0.15) is 11.6 Å². The third-order valence-corrected chi connectivity index (χ3v) is 3.08. The Morgan fingerprint density at radius 2 is 2.32 bits per heavy atom. The standard InChI is InChI=1S/C15H18N2OS/c1-3-8-17-14-6-5-12(18-9-4-2)11-13(14)16-15(17)7-10-19/h1,5-6,11,19H,4,7-10H2,2H3. The van der Waals surface area contributed by atoms with Crippen LogP contribution in [0.5, 0.6) is 5.75 Å². The number of hydrogen-bond acceptors (Lipinski definition) is 3. The average molecular weight is 274 g/mol. The summed E-state index contributed by atoms with van der Waals surface area (Å²) in [5, 5.41) is 0. The lowest BCUT2D eigenvalue weighted by molar-refractivity contribution is 0.318. The second kappa shape index (κ2) is 6.53. The van der Waals surface area contributed by atoms with Gasteiger partial charge in [0.05, 0.1) is 24.2 Å². The fourth-order valence-corrected chi connectivity index (χ4v) is 2.23. The first-order valence-electron chi connectivity index (χ1n) is 6.46. The monoisotopic (exact) mass is 274 g/mol. The molecule has 0 unspecified atom stereocenters. The molecule has 0 radical (unpaired) electrons. The van der Waals surface area contributed by atoms with Crippen LogP contribution < -0.4 is 4.74 Å². The summed E-state index contributed by atoms with van der Waals surface area (Å²) in [4.78, 5) is 4.63. The molecule has 2 rings (SSSR count). The van der Waals surface area contributed by atoms with E-state index in [1.54, 1.807) is 0 Å². The van der Waals surface area contributed by atoms with Gasteiger partial charge in [0.25, 0.3) is 0 Å². The summed E-state index contributed by atoms with van der Waals surface area (Å²) in [6, 6.07) is 5.96. The van der Waals surface area contributed by atoms with Crippen molar-refractivity contribution in [2.45, 2.75) is 26.3 Å². The lowest BCUT2D eigenvalue weighted by Crippen LogP contribution is -2.03. The number of fused-ring (bicyclic) bond motifs is 1. The van der Waals surface area contributed by atoms with E-state index in [9.17, 15) is 0 Å². The van der Waals surface area contributed by atoms with Crippen molar-refractivity contribution in [1.82, 2.24) is 9.55 Å². The largest absolute Gasteiger partial charge is 0.494 e. The van der Waals surface area contributed by atoms with E-state index < -0.39 is 0 Å². The van der Waals surface area contributed by atoms with E-state index in [0.717, 1.165) is 47.8 Å². The van der Waals surface area contributed by atoms with Crippen molar-refractivity contribution in [3.8, 4) is 18.1 Å². The normalized spacial score (nSPS) is 10.6. The van der Waals surface area contributed by atoms with Gasteiger partial charge >= 0.3 is 0 Å². The van der Waals surface area contributed by atoms with Gasteiger partial charge in [0.15, 0.2) is 0 Å². The predicted octanol–water partition coefficient (Wildman–Crippen LogP) is 2.93. The lowest BCUT2D eigenvalue weighted by Gasteiger charge is -2.05. The van der Waals surface area contributed by atoms with Crippen molar-refractivity contribution in [3.63, 3.8) is 0 Å². The van der Waals surface area contributed by atoms with Crippen LogP contribution in [-0.2, 0) is 13.0 Å². The molecule has 0 N–H and O–H groups in total. The molecule has 1 aromatic heterocycles. The number of thiol groups is 1. The Morgan fingerprint density at radius 3 is 3.00 bits per heavy atom. The van der Waals surface area contributed by atoms with Crippen LogP contribution in [0.4, 0.5) is 0 Å². The summed E-state index contributed by atoms with van der Waals surface area (Å²) in [5.74, 6) is 5.27. The van der Waals surface area contributed by atoms with Gasteiger partial charge in [-0.15, -0.1) is 6.42 Å². The van der Waals surface area contributed by atoms with Crippen molar-refractivity contribution in [2.75, 3.05) is 12.4 Å². The zero-order valence-corrected chi connectivity index (χ0v) is 12.0. The molecular weight excluding hydrogens is 256 g/mol. The number of imidazole rings is 1. The molecule has 3 nitrogen and oxygen atoms in total. The highest BCUT2D eigenvalue weighted by atomic mass is 32.1. The molecule has 0 bridgehead atoms. The molecule has 4 heteroatoms. The Hall–Kier alpha value is -1.60. The van der Waals surface area contributed by atoms with Crippen molar-refractivity contribution in [1.29, 1.82) is 0 Å². The zero-order valence-electron chi connectivity index (χ0n) is 11.1. The predicted molar refractivity (Wildman–Crippen MR) is 81.9 cm³/mol. The van der Waals surface area contributed by atoms with Gasteiger partial charge < -0.3 is 9.30 Å². The van der Waals surface area contributed by atoms with E-state index in [1.807, 2.05) is 18.2 Å². The first-order chi connectivity index (χ1) is 9.30. The molecule has 0 saturated heterocycles. The summed E-state index contributed by atoms with van der Waals surface area (Å²) in [6.45, 7) is 3.35. The highest BCUT2D eigenvalue weighted by molar-refractivity contribution is 7.80. The molecule has 0 atom stereocenters. The number of aryl methyl sites for hydroxylation is 1. The minimum atomic E-state index is 0.536. The molecule has 0 aliphatic heterocycles. The number of ether oxygens (including phenoxy) is 1. The van der Waals surface area contributed by atoms with E-state index in [2.05, 4.69) is 35.0 Å².